The summed E-state index contributed by atoms with van der Waals surface area (Å²) >= 11 is 0. The average molecular weight is 186 g/mol. The Kier molecular flexibility index (Phi) is 7.76. The van der Waals surface area contributed by atoms with Crippen LogP contribution in [0.5, 0.6) is 0 Å². The first-order valence-electron chi connectivity index (χ1n) is 5.36. The molecule has 2 nitrogen and oxygen atoms in total. The first-order valence-corrected chi connectivity index (χ1v) is 5.36. The van der Waals surface area contributed by atoms with Gasteiger partial charge in [-0.25, -0.2) is 0 Å². The van der Waals surface area contributed by atoms with Crippen molar-refractivity contribution in [3.63, 3.8) is 0 Å². The quantitative estimate of drug-likeness (QED) is 0.451. The van der Waals surface area contributed by atoms with Crippen molar-refractivity contribution in [3.8, 4) is 0 Å². The van der Waals surface area contributed by atoms with Crippen LogP contribution in [0.1, 0.15) is 52.9 Å². The highest BCUT2D eigenvalue weighted by Crippen LogP contribution is 2.04. The van der Waals surface area contributed by atoms with Crippen molar-refractivity contribution in [2.75, 3.05) is 6.61 Å². The summed E-state index contributed by atoms with van der Waals surface area (Å²) in [5.74, 6) is 0.462. The Morgan fingerprint density at radius 2 is 2.00 bits per heavy atom. The number of esters is 1. The molecule has 0 bridgehead atoms. The van der Waals surface area contributed by atoms with Crippen molar-refractivity contribution >= 4 is 5.97 Å². The number of ether oxygens (including phenoxy) is 1. The molecule has 1 unspecified atom stereocenters. The maximum absolute atomic E-state index is 11.1. The highest BCUT2D eigenvalue weighted by Gasteiger charge is 2.04. The summed E-state index contributed by atoms with van der Waals surface area (Å²) in [7, 11) is 0. The van der Waals surface area contributed by atoms with E-state index in [4.69, 9.17) is 4.74 Å². The van der Waals surface area contributed by atoms with E-state index in [0.717, 1.165) is 25.7 Å². The van der Waals surface area contributed by atoms with E-state index < -0.39 is 0 Å². The molecular formula is C11H22O2. The lowest BCUT2D eigenvalue weighted by atomic mass is 10.1. The summed E-state index contributed by atoms with van der Waals surface area (Å²) in [4.78, 5) is 11.1. The van der Waals surface area contributed by atoms with Gasteiger partial charge < -0.3 is 4.74 Å². The van der Waals surface area contributed by atoms with E-state index in [2.05, 4.69) is 20.8 Å². The topological polar surface area (TPSA) is 26.3 Å². The number of hydrogen-bond acceptors (Lipinski definition) is 2. The fourth-order valence-corrected chi connectivity index (χ4v) is 0.945. The van der Waals surface area contributed by atoms with Gasteiger partial charge in [0.05, 0.1) is 6.61 Å². The Morgan fingerprint density at radius 1 is 1.31 bits per heavy atom. The Balaban J connectivity index is 3.30. The van der Waals surface area contributed by atoms with Gasteiger partial charge in [0.1, 0.15) is 0 Å². The molecule has 0 aliphatic heterocycles. The summed E-state index contributed by atoms with van der Waals surface area (Å²) in [5.41, 5.74) is 0. The minimum absolute atomic E-state index is 0.0336. The first kappa shape index (κ1) is 12.5. The maximum atomic E-state index is 11.1. The van der Waals surface area contributed by atoms with Gasteiger partial charge in [0.25, 0.3) is 0 Å². The molecule has 0 saturated carbocycles. The van der Waals surface area contributed by atoms with E-state index in [1.807, 2.05) is 0 Å². The van der Waals surface area contributed by atoms with E-state index >= 15 is 0 Å². The maximum Gasteiger partial charge on any atom is 0.305 e. The van der Waals surface area contributed by atoms with Gasteiger partial charge in [0, 0.05) is 6.42 Å². The SMILES string of the molecule is CCCCCC(=O)OCC(C)CC. The lowest BCUT2D eigenvalue weighted by molar-refractivity contribution is -0.145. The van der Waals surface area contributed by atoms with Crippen LogP contribution >= 0.6 is 0 Å². The molecule has 0 aromatic heterocycles. The second-order valence-electron chi connectivity index (χ2n) is 3.65. The molecule has 0 fully saturated rings. The zero-order valence-corrected chi connectivity index (χ0v) is 9.14. The summed E-state index contributed by atoms with van der Waals surface area (Å²) in [6.45, 7) is 6.92. The molecule has 0 aliphatic rings. The van der Waals surface area contributed by atoms with E-state index in [-0.39, 0.29) is 5.97 Å². The molecule has 0 aromatic rings. The molecule has 2 heteroatoms. The van der Waals surface area contributed by atoms with Crippen molar-refractivity contribution in [2.45, 2.75) is 52.9 Å². The summed E-state index contributed by atoms with van der Waals surface area (Å²) in [6.07, 6.45) is 4.90. The van der Waals surface area contributed by atoms with Crippen molar-refractivity contribution < 1.29 is 9.53 Å². The van der Waals surface area contributed by atoms with Gasteiger partial charge in [-0.2, -0.15) is 0 Å². The van der Waals surface area contributed by atoms with Crippen LogP contribution in [0.25, 0.3) is 0 Å². The van der Waals surface area contributed by atoms with E-state index in [9.17, 15) is 4.79 Å². The number of hydrogen-bond donors (Lipinski definition) is 0. The molecule has 0 radical (unpaired) electrons. The van der Waals surface area contributed by atoms with Gasteiger partial charge in [-0.15, -0.1) is 0 Å². The standard InChI is InChI=1S/C11H22O2/c1-4-6-7-8-11(12)13-9-10(3)5-2/h10H,4-9H2,1-3H3. The summed E-state index contributed by atoms with van der Waals surface area (Å²) in [6, 6.07) is 0. The molecule has 0 rings (SSSR count). The molecular weight excluding hydrogens is 164 g/mol. The van der Waals surface area contributed by atoms with E-state index in [0.29, 0.717) is 18.9 Å². The zero-order chi connectivity index (χ0) is 10.1. The van der Waals surface area contributed by atoms with Gasteiger partial charge in [-0.1, -0.05) is 40.0 Å². The molecule has 0 heterocycles. The molecule has 0 spiro atoms. The zero-order valence-electron chi connectivity index (χ0n) is 9.14. The smallest absolute Gasteiger partial charge is 0.305 e. The van der Waals surface area contributed by atoms with Crippen LogP contribution in [0.4, 0.5) is 0 Å². The fraction of sp³-hybridized carbons (Fsp3) is 0.909. The normalized spacial score (nSPS) is 12.5. The lowest BCUT2D eigenvalue weighted by Crippen LogP contribution is -2.10. The lowest BCUT2D eigenvalue weighted by Gasteiger charge is -2.09. The molecule has 1 atom stereocenters. The Hall–Kier alpha value is -0.530. The summed E-state index contributed by atoms with van der Waals surface area (Å²) < 4.78 is 5.10. The molecule has 0 aliphatic carbocycles. The molecule has 0 aromatic carbocycles. The third kappa shape index (κ3) is 7.82. The van der Waals surface area contributed by atoms with Crippen molar-refractivity contribution in [1.29, 1.82) is 0 Å². The highest BCUT2D eigenvalue weighted by molar-refractivity contribution is 5.69. The Bertz CT molecular complexity index is 132. The Labute approximate surface area is 81.7 Å². The second kappa shape index (κ2) is 8.09. The molecule has 0 amide bonds. The molecule has 13 heavy (non-hydrogen) atoms. The van der Waals surface area contributed by atoms with Crippen LogP contribution in [0, 0.1) is 5.92 Å². The number of unbranched alkanes of at least 4 members (excludes halogenated alkanes) is 2. The van der Waals surface area contributed by atoms with Gasteiger partial charge in [-0.05, 0) is 12.3 Å². The van der Waals surface area contributed by atoms with Crippen LogP contribution in [-0.2, 0) is 9.53 Å². The fourth-order valence-electron chi connectivity index (χ4n) is 0.945. The molecule has 0 N–H and O–H groups in total. The minimum Gasteiger partial charge on any atom is -0.465 e. The number of rotatable bonds is 7. The van der Waals surface area contributed by atoms with Crippen LogP contribution in [0.15, 0.2) is 0 Å². The third-order valence-electron chi connectivity index (χ3n) is 2.21. The number of carbonyl (C=O) groups is 1. The first-order chi connectivity index (χ1) is 6.20. The van der Waals surface area contributed by atoms with Crippen molar-refractivity contribution in [1.82, 2.24) is 0 Å². The summed E-state index contributed by atoms with van der Waals surface area (Å²) in [5, 5.41) is 0. The van der Waals surface area contributed by atoms with Crippen molar-refractivity contribution in [2.24, 2.45) is 5.92 Å². The van der Waals surface area contributed by atoms with Gasteiger partial charge in [-0.3, -0.25) is 4.79 Å². The average Bonchev–Trinajstić information content (AvgIpc) is 2.14. The van der Waals surface area contributed by atoms with Crippen LogP contribution in [0.3, 0.4) is 0 Å². The van der Waals surface area contributed by atoms with E-state index in [1.165, 1.54) is 0 Å². The predicted molar refractivity (Wildman–Crippen MR) is 54.6 cm³/mol. The second-order valence-corrected chi connectivity index (χ2v) is 3.65. The van der Waals surface area contributed by atoms with Gasteiger partial charge >= 0.3 is 5.97 Å². The van der Waals surface area contributed by atoms with E-state index in [1.54, 1.807) is 0 Å². The minimum atomic E-state index is -0.0336. The highest BCUT2D eigenvalue weighted by atomic mass is 16.5. The van der Waals surface area contributed by atoms with Gasteiger partial charge in [0.2, 0.25) is 0 Å². The Morgan fingerprint density at radius 3 is 2.54 bits per heavy atom. The monoisotopic (exact) mass is 186 g/mol. The largest absolute Gasteiger partial charge is 0.465 e. The van der Waals surface area contributed by atoms with Gasteiger partial charge in [0.15, 0.2) is 0 Å². The van der Waals surface area contributed by atoms with Crippen molar-refractivity contribution in [3.05, 3.63) is 0 Å². The predicted octanol–water partition coefficient (Wildman–Crippen LogP) is 3.16. The van der Waals surface area contributed by atoms with Crippen LogP contribution in [0.2, 0.25) is 0 Å². The molecule has 0 saturated heterocycles. The number of carbonyl (C=O) groups excluding carboxylic acids is 1. The van der Waals surface area contributed by atoms with Crippen LogP contribution in [-0.4, -0.2) is 12.6 Å². The third-order valence-corrected chi connectivity index (χ3v) is 2.21. The van der Waals surface area contributed by atoms with Crippen LogP contribution < -0.4 is 0 Å². The molecule has 78 valence electrons.